The number of carbonyl (C=O) groups is 1. The Morgan fingerprint density at radius 2 is 1.86 bits per heavy atom. The third-order valence-corrected chi connectivity index (χ3v) is 2.25. The summed E-state index contributed by atoms with van der Waals surface area (Å²) in [7, 11) is 0. The van der Waals surface area contributed by atoms with Crippen LogP contribution in [0.4, 0.5) is 8.78 Å². The van der Waals surface area contributed by atoms with E-state index >= 15 is 0 Å². The molecule has 0 aliphatic rings. The fourth-order valence-electron chi connectivity index (χ4n) is 0.869. The molecule has 0 aromatic heterocycles. The third kappa shape index (κ3) is 1.98. The van der Waals surface area contributed by atoms with Gasteiger partial charge in [-0.15, -0.1) is 0 Å². The van der Waals surface area contributed by atoms with Gasteiger partial charge in [-0.2, -0.15) is 0 Å². The lowest BCUT2D eigenvalue weighted by atomic mass is 10.1. The molecule has 0 amide bonds. The Kier molecular flexibility index (Phi) is 3.00. The molecular formula is C9H5BrF2O2. The van der Waals surface area contributed by atoms with Gasteiger partial charge in [-0.3, -0.25) is 0 Å². The highest BCUT2D eigenvalue weighted by Gasteiger charge is 2.14. The Bertz CT molecular complexity index is 416. The van der Waals surface area contributed by atoms with Crippen LogP contribution in [0.25, 0.3) is 5.57 Å². The Hall–Kier alpha value is -1.23. The summed E-state index contributed by atoms with van der Waals surface area (Å²) in [4.78, 5) is 10.5. The van der Waals surface area contributed by atoms with Crippen molar-refractivity contribution in [1.82, 2.24) is 0 Å². The van der Waals surface area contributed by atoms with E-state index in [9.17, 15) is 13.6 Å². The van der Waals surface area contributed by atoms with Crippen LogP contribution < -0.4 is 0 Å². The van der Waals surface area contributed by atoms with E-state index in [2.05, 4.69) is 22.5 Å². The van der Waals surface area contributed by atoms with E-state index in [4.69, 9.17) is 5.11 Å². The average molecular weight is 263 g/mol. The summed E-state index contributed by atoms with van der Waals surface area (Å²) in [6.45, 7) is 3.24. The lowest BCUT2D eigenvalue weighted by Crippen LogP contribution is -2.00. The van der Waals surface area contributed by atoms with Gasteiger partial charge in [0.1, 0.15) is 0 Å². The molecule has 0 radical (unpaired) electrons. The largest absolute Gasteiger partial charge is 0.478 e. The number of carboxylic acid groups (broad SMARTS) is 1. The zero-order valence-corrected chi connectivity index (χ0v) is 8.44. The van der Waals surface area contributed by atoms with Crippen molar-refractivity contribution in [2.75, 3.05) is 0 Å². The van der Waals surface area contributed by atoms with Gasteiger partial charge in [-0.25, -0.2) is 13.6 Å². The molecule has 0 heterocycles. The maximum atomic E-state index is 12.8. The van der Waals surface area contributed by atoms with Gasteiger partial charge in [0, 0.05) is 10.0 Å². The molecule has 74 valence electrons. The fraction of sp³-hybridized carbons (Fsp3) is 0. The summed E-state index contributed by atoms with van der Waals surface area (Å²) in [6, 6.07) is 1.65. The Balaban J connectivity index is 3.29. The maximum absolute atomic E-state index is 12.8. The van der Waals surface area contributed by atoms with Gasteiger partial charge in [0.15, 0.2) is 11.6 Å². The predicted octanol–water partition coefficient (Wildman–Crippen LogP) is 2.83. The van der Waals surface area contributed by atoms with Gasteiger partial charge < -0.3 is 5.11 Å². The minimum absolute atomic E-state index is 0.0244. The van der Waals surface area contributed by atoms with Crippen LogP contribution in [-0.4, -0.2) is 11.1 Å². The number of benzene rings is 1. The topological polar surface area (TPSA) is 37.3 Å². The van der Waals surface area contributed by atoms with Crippen molar-refractivity contribution in [2.24, 2.45) is 0 Å². The molecule has 0 bridgehead atoms. The normalized spacial score (nSPS) is 9.93. The predicted molar refractivity (Wildman–Crippen MR) is 50.7 cm³/mol. The Morgan fingerprint density at radius 1 is 1.36 bits per heavy atom. The van der Waals surface area contributed by atoms with Gasteiger partial charge in [0.25, 0.3) is 0 Å². The molecular weight excluding hydrogens is 258 g/mol. The molecule has 1 aromatic carbocycles. The number of carboxylic acids is 1. The van der Waals surface area contributed by atoms with E-state index in [0.29, 0.717) is 0 Å². The van der Waals surface area contributed by atoms with Crippen molar-refractivity contribution in [2.45, 2.75) is 0 Å². The number of aliphatic carboxylic acids is 1. The van der Waals surface area contributed by atoms with Crippen molar-refractivity contribution >= 4 is 27.5 Å². The van der Waals surface area contributed by atoms with Gasteiger partial charge in [-0.05, 0) is 12.1 Å². The van der Waals surface area contributed by atoms with Crippen molar-refractivity contribution < 1.29 is 18.7 Å². The quantitative estimate of drug-likeness (QED) is 0.658. The van der Waals surface area contributed by atoms with E-state index in [1.54, 1.807) is 0 Å². The highest BCUT2D eigenvalue weighted by atomic mass is 79.9. The number of halogens is 3. The van der Waals surface area contributed by atoms with E-state index in [1.165, 1.54) is 0 Å². The first-order chi connectivity index (χ1) is 6.43. The van der Waals surface area contributed by atoms with Crippen LogP contribution in [-0.2, 0) is 4.79 Å². The smallest absolute Gasteiger partial charge is 0.335 e. The lowest BCUT2D eigenvalue weighted by molar-refractivity contribution is -0.130. The molecule has 0 saturated heterocycles. The molecule has 0 saturated carbocycles. The van der Waals surface area contributed by atoms with Crippen LogP contribution >= 0.6 is 15.9 Å². The van der Waals surface area contributed by atoms with E-state index in [1.807, 2.05) is 0 Å². The molecule has 0 atom stereocenters. The van der Waals surface area contributed by atoms with E-state index in [-0.39, 0.29) is 15.6 Å². The summed E-state index contributed by atoms with van der Waals surface area (Å²) < 4.78 is 25.6. The van der Waals surface area contributed by atoms with Crippen molar-refractivity contribution in [1.29, 1.82) is 0 Å². The Labute approximate surface area is 87.0 Å². The number of rotatable bonds is 2. The van der Waals surface area contributed by atoms with Crippen molar-refractivity contribution in [3.05, 3.63) is 40.4 Å². The highest BCUT2D eigenvalue weighted by molar-refractivity contribution is 9.10. The Morgan fingerprint density at radius 3 is 2.36 bits per heavy atom. The summed E-state index contributed by atoms with van der Waals surface area (Å²) >= 11 is 2.92. The SMILES string of the molecule is C=C(C(=O)O)c1cc(F)c(F)cc1Br. The minimum Gasteiger partial charge on any atom is -0.478 e. The third-order valence-electron chi connectivity index (χ3n) is 1.59. The van der Waals surface area contributed by atoms with Crippen LogP contribution in [0.3, 0.4) is 0 Å². The number of hydrogen-bond donors (Lipinski definition) is 1. The standard InChI is InChI=1S/C9H5BrF2O2/c1-4(9(13)14)5-2-7(11)8(12)3-6(5)10/h2-3H,1H2,(H,13,14). The summed E-state index contributed by atoms with van der Waals surface area (Å²) in [5.74, 6) is -3.43. The average Bonchev–Trinajstić information content (AvgIpc) is 2.10. The maximum Gasteiger partial charge on any atom is 0.335 e. The molecule has 1 aromatic rings. The van der Waals surface area contributed by atoms with Crippen LogP contribution in [0.5, 0.6) is 0 Å². The molecule has 0 aliphatic heterocycles. The van der Waals surface area contributed by atoms with E-state index < -0.39 is 17.6 Å². The van der Waals surface area contributed by atoms with Crippen LogP contribution in [0.1, 0.15) is 5.56 Å². The molecule has 2 nitrogen and oxygen atoms in total. The van der Waals surface area contributed by atoms with Crippen LogP contribution in [0.2, 0.25) is 0 Å². The fourth-order valence-corrected chi connectivity index (χ4v) is 1.42. The zero-order valence-electron chi connectivity index (χ0n) is 6.85. The molecule has 1 N–H and O–H groups in total. The van der Waals surface area contributed by atoms with Crippen molar-refractivity contribution in [3.8, 4) is 0 Å². The second-order valence-corrected chi connectivity index (χ2v) is 3.38. The van der Waals surface area contributed by atoms with E-state index in [0.717, 1.165) is 12.1 Å². The molecule has 0 aliphatic carbocycles. The second kappa shape index (κ2) is 3.88. The monoisotopic (exact) mass is 262 g/mol. The van der Waals surface area contributed by atoms with Gasteiger partial charge in [-0.1, -0.05) is 22.5 Å². The first-order valence-corrected chi connectivity index (χ1v) is 4.30. The van der Waals surface area contributed by atoms with Gasteiger partial charge in [0.2, 0.25) is 0 Å². The molecule has 5 heteroatoms. The molecule has 0 spiro atoms. The summed E-state index contributed by atoms with van der Waals surface area (Å²) in [6.07, 6.45) is 0. The zero-order chi connectivity index (χ0) is 10.9. The first kappa shape index (κ1) is 10.8. The summed E-state index contributed by atoms with van der Waals surface area (Å²) in [5, 5.41) is 8.58. The molecule has 1 rings (SSSR count). The second-order valence-electron chi connectivity index (χ2n) is 2.53. The number of hydrogen-bond acceptors (Lipinski definition) is 1. The molecule has 0 unspecified atom stereocenters. The summed E-state index contributed by atoms with van der Waals surface area (Å²) in [5.41, 5.74) is -0.271. The lowest BCUT2D eigenvalue weighted by Gasteiger charge is -2.04. The molecule has 0 fully saturated rings. The van der Waals surface area contributed by atoms with Gasteiger partial charge in [0.05, 0.1) is 5.57 Å². The first-order valence-electron chi connectivity index (χ1n) is 3.50. The minimum atomic E-state index is -1.28. The van der Waals surface area contributed by atoms with Crippen LogP contribution in [0, 0.1) is 11.6 Å². The van der Waals surface area contributed by atoms with Gasteiger partial charge >= 0.3 is 5.97 Å². The molecule has 14 heavy (non-hydrogen) atoms. The highest BCUT2D eigenvalue weighted by Crippen LogP contribution is 2.26. The van der Waals surface area contributed by atoms with Crippen LogP contribution in [0.15, 0.2) is 23.2 Å². The van der Waals surface area contributed by atoms with Crippen molar-refractivity contribution in [3.63, 3.8) is 0 Å².